The summed E-state index contributed by atoms with van der Waals surface area (Å²) >= 11 is 0. The van der Waals surface area contributed by atoms with Crippen LogP contribution in [-0.4, -0.2) is 10.7 Å². The fourth-order valence-corrected chi connectivity index (χ4v) is 2.77. The molecule has 1 aliphatic rings. The highest BCUT2D eigenvalue weighted by Crippen LogP contribution is 2.37. The lowest BCUT2D eigenvalue weighted by Gasteiger charge is -2.39. The van der Waals surface area contributed by atoms with Crippen LogP contribution in [0.15, 0.2) is 0 Å². The van der Waals surface area contributed by atoms with Gasteiger partial charge in [0.15, 0.2) is 0 Å². The summed E-state index contributed by atoms with van der Waals surface area (Å²) in [7, 11) is 0. The summed E-state index contributed by atoms with van der Waals surface area (Å²) in [6, 6.07) is 0. The summed E-state index contributed by atoms with van der Waals surface area (Å²) < 4.78 is 0. The Balaban J connectivity index is 2.52. The normalized spacial score (nSPS) is 24.2. The van der Waals surface area contributed by atoms with Crippen molar-refractivity contribution in [3.8, 4) is 0 Å². The van der Waals surface area contributed by atoms with Crippen molar-refractivity contribution in [3.63, 3.8) is 0 Å². The maximum atomic E-state index is 10.5. The van der Waals surface area contributed by atoms with Crippen molar-refractivity contribution in [1.82, 2.24) is 0 Å². The van der Waals surface area contributed by atoms with Gasteiger partial charge in [0.1, 0.15) is 0 Å². The van der Waals surface area contributed by atoms with Crippen LogP contribution in [0.4, 0.5) is 0 Å². The van der Waals surface area contributed by atoms with Gasteiger partial charge in [0.25, 0.3) is 0 Å². The molecule has 0 aromatic heterocycles. The first-order valence-corrected chi connectivity index (χ1v) is 5.95. The molecule has 1 aliphatic carbocycles. The average molecular weight is 184 g/mol. The minimum absolute atomic E-state index is 0.303. The molecule has 1 nitrogen and oxygen atoms in total. The molecule has 1 atom stereocenters. The van der Waals surface area contributed by atoms with E-state index in [4.69, 9.17) is 0 Å². The van der Waals surface area contributed by atoms with Crippen molar-refractivity contribution >= 4 is 0 Å². The second-order valence-corrected chi connectivity index (χ2v) is 4.56. The van der Waals surface area contributed by atoms with Gasteiger partial charge in [0.05, 0.1) is 5.60 Å². The third-order valence-corrected chi connectivity index (χ3v) is 3.61. The summed E-state index contributed by atoms with van der Waals surface area (Å²) in [6.45, 7) is 4.43. The van der Waals surface area contributed by atoms with Crippen LogP contribution < -0.4 is 0 Å². The Morgan fingerprint density at radius 3 is 2.23 bits per heavy atom. The Morgan fingerprint density at radius 2 is 1.77 bits per heavy atom. The molecule has 0 bridgehead atoms. The lowest BCUT2D eigenvalue weighted by molar-refractivity contribution is -0.0536. The first-order valence-electron chi connectivity index (χ1n) is 5.95. The molecule has 0 aliphatic heterocycles. The van der Waals surface area contributed by atoms with Crippen LogP contribution in [0.2, 0.25) is 0 Å². The number of aliphatic hydroxyl groups is 1. The van der Waals surface area contributed by atoms with Crippen LogP contribution in [0.5, 0.6) is 0 Å². The molecule has 1 rings (SSSR count). The van der Waals surface area contributed by atoms with E-state index < -0.39 is 0 Å². The SMILES string of the molecule is CCCC(CC)C1(O)CCCCC1. The smallest absolute Gasteiger partial charge is 0.0675 e. The van der Waals surface area contributed by atoms with Crippen molar-refractivity contribution < 1.29 is 5.11 Å². The molecule has 1 saturated carbocycles. The molecular formula is C12H24O. The average Bonchev–Trinajstić information content (AvgIpc) is 2.15. The minimum Gasteiger partial charge on any atom is -0.390 e. The minimum atomic E-state index is -0.303. The molecule has 1 N–H and O–H groups in total. The lowest BCUT2D eigenvalue weighted by atomic mass is 9.73. The summed E-state index contributed by atoms with van der Waals surface area (Å²) in [5, 5.41) is 10.5. The van der Waals surface area contributed by atoms with E-state index in [1.807, 2.05) is 0 Å². The van der Waals surface area contributed by atoms with Gasteiger partial charge in [-0.25, -0.2) is 0 Å². The zero-order valence-electron chi connectivity index (χ0n) is 9.18. The fraction of sp³-hybridized carbons (Fsp3) is 1.00. The van der Waals surface area contributed by atoms with Gasteiger partial charge in [-0.2, -0.15) is 0 Å². The van der Waals surface area contributed by atoms with Crippen molar-refractivity contribution in [3.05, 3.63) is 0 Å². The van der Waals surface area contributed by atoms with Gasteiger partial charge in [-0.05, 0) is 25.2 Å². The Labute approximate surface area is 82.5 Å². The van der Waals surface area contributed by atoms with E-state index in [0.29, 0.717) is 5.92 Å². The van der Waals surface area contributed by atoms with Gasteiger partial charge in [-0.15, -0.1) is 0 Å². The predicted octanol–water partition coefficient (Wildman–Crippen LogP) is 3.51. The third kappa shape index (κ3) is 2.70. The lowest BCUT2D eigenvalue weighted by Crippen LogP contribution is -2.39. The van der Waals surface area contributed by atoms with Crippen LogP contribution in [0, 0.1) is 5.92 Å². The van der Waals surface area contributed by atoms with Gasteiger partial charge in [-0.1, -0.05) is 46.0 Å². The summed E-state index contributed by atoms with van der Waals surface area (Å²) in [4.78, 5) is 0. The maximum absolute atomic E-state index is 10.5. The molecule has 0 aromatic carbocycles. The Morgan fingerprint density at radius 1 is 1.15 bits per heavy atom. The first-order chi connectivity index (χ1) is 6.23. The molecule has 1 heteroatoms. The van der Waals surface area contributed by atoms with Crippen LogP contribution >= 0.6 is 0 Å². The highest BCUT2D eigenvalue weighted by Gasteiger charge is 2.35. The molecule has 0 radical (unpaired) electrons. The zero-order chi connectivity index (χ0) is 9.73. The van der Waals surface area contributed by atoms with E-state index in [1.165, 1.54) is 32.1 Å². The zero-order valence-corrected chi connectivity index (χ0v) is 9.18. The van der Waals surface area contributed by atoms with E-state index in [-0.39, 0.29) is 5.60 Å². The molecule has 78 valence electrons. The van der Waals surface area contributed by atoms with Gasteiger partial charge in [-0.3, -0.25) is 0 Å². The maximum Gasteiger partial charge on any atom is 0.0675 e. The summed E-state index contributed by atoms with van der Waals surface area (Å²) in [6.07, 6.45) is 9.44. The van der Waals surface area contributed by atoms with Crippen LogP contribution in [0.25, 0.3) is 0 Å². The standard InChI is InChI=1S/C12H24O/c1-3-8-11(4-2)12(13)9-6-5-7-10-12/h11,13H,3-10H2,1-2H3. The molecule has 0 aromatic rings. The second kappa shape index (κ2) is 4.99. The molecule has 0 amide bonds. The molecule has 0 heterocycles. The number of rotatable bonds is 4. The second-order valence-electron chi connectivity index (χ2n) is 4.56. The van der Waals surface area contributed by atoms with E-state index in [1.54, 1.807) is 0 Å². The highest BCUT2D eigenvalue weighted by atomic mass is 16.3. The van der Waals surface area contributed by atoms with Gasteiger partial charge in [0.2, 0.25) is 0 Å². The molecule has 0 saturated heterocycles. The molecule has 1 unspecified atom stereocenters. The number of hydrogen-bond acceptors (Lipinski definition) is 1. The molecule has 0 spiro atoms. The van der Waals surface area contributed by atoms with Crippen LogP contribution in [-0.2, 0) is 0 Å². The Bertz CT molecular complexity index is 136. The monoisotopic (exact) mass is 184 g/mol. The molecular weight excluding hydrogens is 160 g/mol. The van der Waals surface area contributed by atoms with E-state index >= 15 is 0 Å². The van der Waals surface area contributed by atoms with Crippen molar-refractivity contribution in [2.75, 3.05) is 0 Å². The van der Waals surface area contributed by atoms with Gasteiger partial charge >= 0.3 is 0 Å². The fourth-order valence-electron chi connectivity index (χ4n) is 2.77. The Kier molecular flexibility index (Phi) is 4.24. The van der Waals surface area contributed by atoms with Gasteiger partial charge < -0.3 is 5.11 Å². The van der Waals surface area contributed by atoms with Crippen LogP contribution in [0.1, 0.15) is 65.2 Å². The quantitative estimate of drug-likeness (QED) is 0.709. The Hall–Kier alpha value is -0.0400. The van der Waals surface area contributed by atoms with Crippen molar-refractivity contribution in [2.24, 2.45) is 5.92 Å². The molecule has 1 fully saturated rings. The number of hydrogen-bond donors (Lipinski definition) is 1. The third-order valence-electron chi connectivity index (χ3n) is 3.61. The van der Waals surface area contributed by atoms with E-state index in [2.05, 4.69) is 13.8 Å². The predicted molar refractivity (Wildman–Crippen MR) is 56.7 cm³/mol. The topological polar surface area (TPSA) is 20.2 Å². The first kappa shape index (κ1) is 11.0. The summed E-state index contributed by atoms with van der Waals surface area (Å²) in [5.74, 6) is 0.554. The van der Waals surface area contributed by atoms with E-state index in [0.717, 1.165) is 19.3 Å². The van der Waals surface area contributed by atoms with Crippen molar-refractivity contribution in [1.29, 1.82) is 0 Å². The highest BCUT2D eigenvalue weighted by molar-refractivity contribution is 4.88. The van der Waals surface area contributed by atoms with Crippen LogP contribution in [0.3, 0.4) is 0 Å². The van der Waals surface area contributed by atoms with Crippen molar-refractivity contribution in [2.45, 2.75) is 70.8 Å². The van der Waals surface area contributed by atoms with E-state index in [9.17, 15) is 5.11 Å². The van der Waals surface area contributed by atoms with Gasteiger partial charge in [0, 0.05) is 0 Å². The largest absolute Gasteiger partial charge is 0.390 e. The molecule has 13 heavy (non-hydrogen) atoms. The summed E-state index contributed by atoms with van der Waals surface area (Å²) in [5.41, 5.74) is -0.303.